The van der Waals surface area contributed by atoms with E-state index in [-0.39, 0.29) is 17.6 Å². The van der Waals surface area contributed by atoms with Gasteiger partial charge in [-0.05, 0) is 31.9 Å². The molecule has 29 heavy (non-hydrogen) atoms. The van der Waals surface area contributed by atoms with Gasteiger partial charge in [0.05, 0.1) is 23.7 Å². The van der Waals surface area contributed by atoms with Gasteiger partial charge in [0.25, 0.3) is 5.91 Å². The zero-order valence-electron chi connectivity index (χ0n) is 16.4. The van der Waals surface area contributed by atoms with Crippen LogP contribution in [-0.4, -0.2) is 43.6 Å². The lowest BCUT2D eigenvalue weighted by atomic mass is 9.93. The van der Waals surface area contributed by atoms with Gasteiger partial charge in [0, 0.05) is 44.0 Å². The molecule has 1 aliphatic rings. The highest BCUT2D eigenvalue weighted by Gasteiger charge is 2.27. The highest BCUT2D eigenvalue weighted by molar-refractivity contribution is 5.95. The molecular formula is C21H22FN5O2. The molecule has 1 aromatic carbocycles. The Morgan fingerprint density at radius 2 is 2.00 bits per heavy atom. The number of aryl methyl sites for hydroxylation is 1. The van der Waals surface area contributed by atoms with E-state index in [1.54, 1.807) is 29.2 Å². The minimum atomic E-state index is -0.368. The van der Waals surface area contributed by atoms with Gasteiger partial charge in [0.2, 0.25) is 5.88 Å². The van der Waals surface area contributed by atoms with Gasteiger partial charge in [-0.15, -0.1) is 0 Å². The normalized spacial score (nSPS) is 14.8. The maximum atomic E-state index is 13.3. The molecule has 1 amide bonds. The van der Waals surface area contributed by atoms with Gasteiger partial charge in [-0.1, -0.05) is 6.07 Å². The first-order valence-corrected chi connectivity index (χ1v) is 9.54. The SMILES string of the molecule is Cc1c(C(=O)N2CCC(c3cncc(Oc4cccc(F)c4)n3)CC2)cnn1C. The number of benzene rings is 1. The largest absolute Gasteiger partial charge is 0.437 e. The number of nitrogens with zero attached hydrogens (tertiary/aromatic N) is 5. The first kappa shape index (κ1) is 19.0. The van der Waals surface area contributed by atoms with Gasteiger partial charge < -0.3 is 9.64 Å². The molecule has 0 radical (unpaired) electrons. The molecule has 2 aromatic heterocycles. The first-order valence-electron chi connectivity index (χ1n) is 9.54. The molecule has 0 atom stereocenters. The lowest BCUT2D eigenvalue weighted by Gasteiger charge is -2.31. The zero-order chi connectivity index (χ0) is 20.4. The van der Waals surface area contributed by atoms with Crippen LogP contribution in [0.1, 0.15) is 40.5 Å². The Kier molecular flexibility index (Phi) is 5.24. The average Bonchev–Trinajstić information content (AvgIpc) is 3.06. The molecule has 0 saturated carbocycles. The number of piperidine rings is 1. The molecule has 0 aliphatic carbocycles. The summed E-state index contributed by atoms with van der Waals surface area (Å²) in [7, 11) is 1.83. The fourth-order valence-corrected chi connectivity index (χ4v) is 3.52. The Hall–Kier alpha value is -3.29. The van der Waals surface area contributed by atoms with Gasteiger partial charge in [0.1, 0.15) is 11.6 Å². The van der Waals surface area contributed by atoms with Crippen LogP contribution in [-0.2, 0) is 7.05 Å². The smallest absolute Gasteiger partial charge is 0.257 e. The molecule has 1 aliphatic heterocycles. The van der Waals surface area contributed by atoms with Crippen molar-refractivity contribution in [3.63, 3.8) is 0 Å². The van der Waals surface area contributed by atoms with Crippen molar-refractivity contribution in [2.24, 2.45) is 7.05 Å². The molecular weight excluding hydrogens is 373 g/mol. The molecule has 3 heterocycles. The predicted octanol–water partition coefficient (Wildman–Crippen LogP) is 3.47. The first-order chi connectivity index (χ1) is 14.0. The van der Waals surface area contributed by atoms with E-state index in [0.717, 1.165) is 24.2 Å². The number of ether oxygens (including phenoxy) is 1. The number of halogens is 1. The van der Waals surface area contributed by atoms with Crippen molar-refractivity contribution in [2.75, 3.05) is 13.1 Å². The van der Waals surface area contributed by atoms with Gasteiger partial charge in [-0.25, -0.2) is 9.37 Å². The maximum absolute atomic E-state index is 13.3. The molecule has 0 unspecified atom stereocenters. The molecule has 0 N–H and O–H groups in total. The number of carbonyl (C=O) groups excluding carboxylic acids is 1. The minimum Gasteiger partial charge on any atom is -0.437 e. The van der Waals surface area contributed by atoms with Crippen LogP contribution in [0.15, 0.2) is 42.9 Å². The van der Waals surface area contributed by atoms with Crippen molar-refractivity contribution in [1.29, 1.82) is 0 Å². The summed E-state index contributed by atoms with van der Waals surface area (Å²) in [4.78, 5) is 23.4. The van der Waals surface area contributed by atoms with Crippen LogP contribution in [0.2, 0.25) is 0 Å². The summed E-state index contributed by atoms with van der Waals surface area (Å²) in [6.45, 7) is 3.19. The van der Waals surface area contributed by atoms with E-state index in [9.17, 15) is 9.18 Å². The third-order valence-electron chi connectivity index (χ3n) is 5.32. The van der Waals surface area contributed by atoms with Gasteiger partial charge >= 0.3 is 0 Å². The lowest BCUT2D eigenvalue weighted by molar-refractivity contribution is 0.0711. The van der Waals surface area contributed by atoms with Crippen molar-refractivity contribution in [3.05, 3.63) is 65.6 Å². The molecule has 3 aromatic rings. The van der Waals surface area contributed by atoms with Crippen LogP contribution in [0, 0.1) is 12.7 Å². The van der Waals surface area contributed by atoms with Crippen LogP contribution < -0.4 is 4.74 Å². The van der Waals surface area contributed by atoms with E-state index in [2.05, 4.69) is 15.1 Å². The predicted molar refractivity (Wildman–Crippen MR) is 104 cm³/mol. The van der Waals surface area contributed by atoms with Gasteiger partial charge in [-0.2, -0.15) is 5.10 Å². The monoisotopic (exact) mass is 395 g/mol. The maximum Gasteiger partial charge on any atom is 0.257 e. The van der Waals surface area contributed by atoms with Crippen molar-refractivity contribution < 1.29 is 13.9 Å². The molecule has 150 valence electrons. The number of aromatic nitrogens is 4. The van der Waals surface area contributed by atoms with Crippen LogP contribution >= 0.6 is 0 Å². The minimum absolute atomic E-state index is 0.0170. The van der Waals surface area contributed by atoms with Gasteiger partial charge in [-0.3, -0.25) is 14.5 Å². The number of hydrogen-bond donors (Lipinski definition) is 0. The van der Waals surface area contributed by atoms with Gasteiger partial charge in [0.15, 0.2) is 0 Å². The molecule has 1 saturated heterocycles. The second-order valence-electron chi connectivity index (χ2n) is 7.18. The average molecular weight is 395 g/mol. The van der Waals surface area contributed by atoms with Crippen LogP contribution in [0.4, 0.5) is 4.39 Å². The van der Waals surface area contributed by atoms with Crippen molar-refractivity contribution in [1.82, 2.24) is 24.6 Å². The summed E-state index contributed by atoms with van der Waals surface area (Å²) in [5.74, 6) is 0.551. The highest BCUT2D eigenvalue weighted by Crippen LogP contribution is 2.29. The lowest BCUT2D eigenvalue weighted by Crippen LogP contribution is -2.38. The standard InChI is InChI=1S/C21H22FN5O2/c1-14-18(11-24-26(14)2)21(28)27-8-6-15(7-9-27)19-12-23-13-20(25-19)29-17-5-3-4-16(22)10-17/h3-5,10-13,15H,6-9H2,1-2H3. The molecule has 7 nitrogen and oxygen atoms in total. The number of rotatable bonds is 4. The fraction of sp³-hybridized carbons (Fsp3) is 0.333. The Morgan fingerprint density at radius 3 is 2.69 bits per heavy atom. The van der Waals surface area contributed by atoms with Crippen LogP contribution in [0.25, 0.3) is 0 Å². The second kappa shape index (κ2) is 7.98. The van der Waals surface area contributed by atoms with E-state index in [0.29, 0.717) is 30.3 Å². The number of hydrogen-bond acceptors (Lipinski definition) is 5. The molecule has 0 bridgehead atoms. The van der Waals surface area contributed by atoms with E-state index < -0.39 is 0 Å². The number of carbonyl (C=O) groups is 1. The number of likely N-dealkylation sites (tertiary alicyclic amines) is 1. The Labute approximate surface area is 168 Å². The van der Waals surface area contributed by atoms with Crippen LogP contribution in [0.5, 0.6) is 11.6 Å². The second-order valence-corrected chi connectivity index (χ2v) is 7.18. The quantitative estimate of drug-likeness (QED) is 0.676. The molecule has 8 heteroatoms. The van der Waals surface area contributed by atoms with E-state index >= 15 is 0 Å². The summed E-state index contributed by atoms with van der Waals surface area (Å²) < 4.78 is 20.7. The molecule has 1 fully saturated rings. The highest BCUT2D eigenvalue weighted by atomic mass is 19.1. The Morgan fingerprint density at radius 1 is 1.21 bits per heavy atom. The van der Waals surface area contributed by atoms with Crippen molar-refractivity contribution in [2.45, 2.75) is 25.7 Å². The molecule has 0 spiro atoms. The third kappa shape index (κ3) is 4.11. The zero-order valence-corrected chi connectivity index (χ0v) is 16.4. The topological polar surface area (TPSA) is 73.1 Å². The fourth-order valence-electron chi connectivity index (χ4n) is 3.52. The van der Waals surface area contributed by atoms with E-state index in [1.807, 2.05) is 18.9 Å². The molecule has 4 rings (SSSR count). The third-order valence-corrected chi connectivity index (χ3v) is 5.32. The summed E-state index contributed by atoms with van der Waals surface area (Å²) in [6, 6.07) is 5.91. The summed E-state index contributed by atoms with van der Waals surface area (Å²) in [6.07, 6.45) is 6.46. The van der Waals surface area contributed by atoms with Crippen molar-refractivity contribution >= 4 is 5.91 Å². The van der Waals surface area contributed by atoms with Crippen molar-refractivity contribution in [3.8, 4) is 11.6 Å². The summed E-state index contributed by atoms with van der Waals surface area (Å²) in [5, 5.41) is 4.16. The summed E-state index contributed by atoms with van der Waals surface area (Å²) >= 11 is 0. The van der Waals surface area contributed by atoms with E-state index in [4.69, 9.17) is 4.74 Å². The Bertz CT molecular complexity index is 1030. The Balaban J connectivity index is 1.41. The summed E-state index contributed by atoms with van der Waals surface area (Å²) in [5.41, 5.74) is 2.34. The van der Waals surface area contributed by atoms with Crippen LogP contribution in [0.3, 0.4) is 0 Å². The van der Waals surface area contributed by atoms with E-state index in [1.165, 1.54) is 18.3 Å². The number of amides is 1.